The van der Waals surface area contributed by atoms with Crippen molar-refractivity contribution >= 4 is 122 Å². The van der Waals surface area contributed by atoms with Gasteiger partial charge in [0.25, 0.3) is 0 Å². The molecule has 0 spiro atoms. The van der Waals surface area contributed by atoms with E-state index in [0.717, 1.165) is 66.4 Å². The third-order valence-electron chi connectivity index (χ3n) is 9.65. The zero-order chi connectivity index (χ0) is 30.1. The van der Waals surface area contributed by atoms with Gasteiger partial charge in [0.1, 0.15) is 56.0 Å². The average Bonchev–Trinajstić information content (AvgIpc) is 3.63. The number of hydrogen-bond donors (Lipinski definition) is 1. The molecule has 2 aromatic heterocycles. The van der Waals surface area contributed by atoms with E-state index in [1.807, 2.05) is 12.1 Å². The number of hydrogen-bond acceptors (Lipinski definition) is 3. The van der Waals surface area contributed by atoms with Gasteiger partial charge in [0.15, 0.2) is 5.58 Å². The second-order valence-electron chi connectivity index (χ2n) is 11.9. The van der Waals surface area contributed by atoms with E-state index in [1.54, 1.807) is 0 Å². The van der Waals surface area contributed by atoms with Gasteiger partial charge in [-0.25, -0.2) is 0 Å². The Kier molecular flexibility index (Phi) is 6.09. The van der Waals surface area contributed by atoms with E-state index < -0.39 is 0 Å². The van der Waals surface area contributed by atoms with Crippen molar-refractivity contribution in [2.24, 2.45) is 0 Å². The lowest BCUT2D eigenvalue weighted by Crippen LogP contribution is -2.55. The van der Waals surface area contributed by atoms with Gasteiger partial charge in [-0.05, 0) is 47.0 Å². The summed E-state index contributed by atoms with van der Waals surface area (Å²) in [4.78, 5) is 0. The molecule has 2 heterocycles. The van der Waals surface area contributed by atoms with Gasteiger partial charge >= 0.3 is 0 Å². The Morgan fingerprint density at radius 2 is 1.14 bits per heavy atom. The van der Waals surface area contributed by atoms with Gasteiger partial charge in [0.05, 0.1) is 5.69 Å². The average molecular weight is 561 g/mol. The molecule has 3 nitrogen and oxygen atoms in total. The summed E-state index contributed by atoms with van der Waals surface area (Å²) in [5.74, 6) is 0. The Bertz CT molecular complexity index is 2400. The van der Waals surface area contributed by atoms with Crippen LogP contribution in [-0.4, -0.2) is 39.2 Å². The lowest BCUT2D eigenvalue weighted by molar-refractivity contribution is 0.669. The topological polar surface area (TPSA) is 38.3 Å². The molecule has 0 amide bonds. The van der Waals surface area contributed by atoms with Crippen LogP contribution in [0.2, 0.25) is 0 Å². The molecule has 0 atom stereocenters. The summed E-state index contributed by atoms with van der Waals surface area (Å²) in [6.45, 7) is 0. The van der Waals surface area contributed by atoms with Crippen LogP contribution in [0.25, 0.3) is 66.1 Å². The summed E-state index contributed by atoms with van der Waals surface area (Å²) in [7, 11) is 11.1. The highest BCUT2D eigenvalue weighted by molar-refractivity contribution is 6.68. The summed E-state index contributed by atoms with van der Waals surface area (Å²) in [5, 5.41) is 8.12. The molecule has 0 aliphatic rings. The van der Waals surface area contributed by atoms with Gasteiger partial charge in [-0.3, -0.25) is 0 Å². The van der Waals surface area contributed by atoms with Gasteiger partial charge in [0.2, 0.25) is 0 Å². The Hall–Kier alpha value is -4.96. The molecule has 8 aromatic rings. The fourth-order valence-electron chi connectivity index (χ4n) is 6.94. The molecule has 6 aromatic carbocycles. The van der Waals surface area contributed by atoms with Crippen LogP contribution in [0.4, 0.5) is 11.4 Å². The standard InChI is InChI=1S/C36H28B5NO2/c37-30-29(31(38)33(40)34(41)32(30)39)23-12-4-10-21-22-11-5-13-25(36(22)44-35(21)23)42-19-15-16-26-24(17-19)28-20(9-6-14-27(28)43-26)18-7-2-1-3-8-18/h1-17,42H,37-41H2. The van der Waals surface area contributed by atoms with Crippen LogP contribution in [0, 0.1) is 0 Å². The number of furan rings is 2. The zero-order valence-corrected chi connectivity index (χ0v) is 25.6. The third kappa shape index (κ3) is 3.97. The lowest BCUT2D eigenvalue weighted by Gasteiger charge is -2.20. The summed E-state index contributed by atoms with van der Waals surface area (Å²) in [5.41, 5.74) is 16.9. The quantitative estimate of drug-likeness (QED) is 0.334. The van der Waals surface area contributed by atoms with Crippen LogP contribution in [0.1, 0.15) is 0 Å². The maximum absolute atomic E-state index is 6.80. The molecule has 0 radical (unpaired) electrons. The van der Waals surface area contributed by atoms with Crippen molar-refractivity contribution in [3.63, 3.8) is 0 Å². The molecule has 0 aliphatic carbocycles. The number of anilines is 2. The predicted octanol–water partition coefficient (Wildman–Crippen LogP) is 1.86. The third-order valence-corrected chi connectivity index (χ3v) is 9.65. The summed E-state index contributed by atoms with van der Waals surface area (Å²) in [6, 6.07) is 35.9. The molecule has 0 aliphatic heterocycles. The number of nitrogens with one attached hydrogen (secondary N) is 1. The van der Waals surface area contributed by atoms with Gasteiger partial charge < -0.3 is 14.2 Å². The van der Waals surface area contributed by atoms with Gasteiger partial charge in [0, 0.05) is 32.8 Å². The van der Waals surface area contributed by atoms with Crippen molar-refractivity contribution in [3.05, 3.63) is 103 Å². The molecule has 0 bridgehead atoms. The first kappa shape index (κ1) is 26.7. The first-order chi connectivity index (χ1) is 21.4. The Morgan fingerprint density at radius 3 is 1.91 bits per heavy atom. The highest BCUT2D eigenvalue weighted by atomic mass is 16.3. The Morgan fingerprint density at radius 1 is 0.477 bits per heavy atom. The van der Waals surface area contributed by atoms with Crippen molar-refractivity contribution in [1.29, 1.82) is 0 Å². The first-order valence-electron chi connectivity index (χ1n) is 15.2. The van der Waals surface area contributed by atoms with E-state index in [4.69, 9.17) is 8.83 Å². The van der Waals surface area contributed by atoms with Crippen LogP contribution in [0.15, 0.2) is 112 Å². The molecule has 8 rings (SSSR count). The first-order valence-corrected chi connectivity index (χ1v) is 15.2. The van der Waals surface area contributed by atoms with Crippen LogP contribution in [-0.2, 0) is 0 Å². The van der Waals surface area contributed by atoms with Crippen LogP contribution in [0.3, 0.4) is 0 Å². The number of benzene rings is 6. The lowest BCUT2D eigenvalue weighted by atomic mass is 9.59. The van der Waals surface area contributed by atoms with E-state index >= 15 is 0 Å². The minimum absolute atomic E-state index is 0.855. The molecule has 44 heavy (non-hydrogen) atoms. The largest absolute Gasteiger partial charge is 0.456 e. The second kappa shape index (κ2) is 10.1. The maximum Gasteiger partial charge on any atom is 0.158 e. The van der Waals surface area contributed by atoms with Crippen molar-refractivity contribution in [1.82, 2.24) is 0 Å². The van der Waals surface area contributed by atoms with E-state index in [0.29, 0.717) is 0 Å². The molecule has 0 saturated carbocycles. The monoisotopic (exact) mass is 561 g/mol. The van der Waals surface area contributed by atoms with Crippen molar-refractivity contribution in [3.8, 4) is 22.3 Å². The molecule has 1 N–H and O–H groups in total. The SMILES string of the molecule is Bc1c(B)c(B)c(-c2cccc3c2oc2c(Nc4ccc5oc6cccc(-c7ccccc7)c6c5c4)cccc23)c(B)c1B. The minimum Gasteiger partial charge on any atom is -0.456 e. The van der Waals surface area contributed by atoms with Gasteiger partial charge in [-0.15, -0.1) is 16.4 Å². The number of para-hydroxylation sites is 2. The van der Waals surface area contributed by atoms with Crippen molar-refractivity contribution in [2.45, 2.75) is 0 Å². The molecule has 0 fully saturated rings. The normalized spacial score (nSPS) is 11.6. The molecule has 8 heteroatoms. The van der Waals surface area contributed by atoms with E-state index in [9.17, 15) is 0 Å². The van der Waals surface area contributed by atoms with Crippen molar-refractivity contribution < 1.29 is 8.83 Å². The van der Waals surface area contributed by atoms with E-state index in [-0.39, 0.29) is 0 Å². The molecule has 0 saturated heterocycles. The second-order valence-corrected chi connectivity index (χ2v) is 11.9. The fourth-order valence-corrected chi connectivity index (χ4v) is 6.94. The van der Waals surface area contributed by atoms with Crippen LogP contribution >= 0.6 is 0 Å². The minimum atomic E-state index is 0.855. The number of rotatable bonds is 4. The Balaban J connectivity index is 1.28. The molecule has 0 unspecified atom stereocenters. The van der Waals surface area contributed by atoms with E-state index in [2.05, 4.69) is 136 Å². The molecular formula is C36H28B5NO2. The predicted molar refractivity (Wildman–Crippen MR) is 202 cm³/mol. The summed E-state index contributed by atoms with van der Waals surface area (Å²) < 4.78 is 13.1. The van der Waals surface area contributed by atoms with Crippen molar-refractivity contribution in [2.75, 3.05) is 5.32 Å². The zero-order valence-electron chi connectivity index (χ0n) is 25.6. The summed E-state index contributed by atoms with van der Waals surface area (Å²) in [6.07, 6.45) is 0. The molecule has 204 valence electrons. The van der Waals surface area contributed by atoms with Crippen LogP contribution in [0.5, 0.6) is 0 Å². The van der Waals surface area contributed by atoms with Gasteiger partial charge in [-0.1, -0.05) is 83.7 Å². The maximum atomic E-state index is 6.80. The highest BCUT2D eigenvalue weighted by Gasteiger charge is 2.20. The van der Waals surface area contributed by atoms with Gasteiger partial charge in [-0.2, -0.15) is 0 Å². The highest BCUT2D eigenvalue weighted by Crippen LogP contribution is 2.40. The summed E-state index contributed by atoms with van der Waals surface area (Å²) >= 11 is 0. The number of fused-ring (bicyclic) bond motifs is 6. The smallest absolute Gasteiger partial charge is 0.158 e. The van der Waals surface area contributed by atoms with E-state index in [1.165, 1.54) is 38.4 Å². The van der Waals surface area contributed by atoms with Crippen LogP contribution < -0.4 is 32.6 Å². The molecular weight excluding hydrogens is 532 g/mol. The fraction of sp³-hybridized carbons (Fsp3) is 0. The Labute approximate surface area is 260 Å².